The third-order valence-electron chi connectivity index (χ3n) is 3.85. The summed E-state index contributed by atoms with van der Waals surface area (Å²) in [6, 6.07) is 6.05. The standard InChI is InChI=1S/C15H18N2O2/c1-10-11(2)16-14-4-3-12(9-13(14)15(10)18)17-5-7-19-8-6-17/h3-4,9H,5-8H2,1-2H3,(H,16,18). The zero-order chi connectivity index (χ0) is 13.4. The van der Waals surface area contributed by atoms with Crippen LogP contribution in [0.5, 0.6) is 0 Å². The van der Waals surface area contributed by atoms with Crippen LogP contribution in [0.15, 0.2) is 23.0 Å². The van der Waals surface area contributed by atoms with E-state index in [4.69, 9.17) is 4.74 Å². The molecule has 0 saturated carbocycles. The van der Waals surface area contributed by atoms with E-state index in [0.717, 1.165) is 54.2 Å². The van der Waals surface area contributed by atoms with Gasteiger partial charge in [-0.15, -0.1) is 0 Å². The Morgan fingerprint density at radius 1 is 1.21 bits per heavy atom. The molecule has 1 N–H and O–H groups in total. The molecule has 1 saturated heterocycles. The molecule has 4 heteroatoms. The fourth-order valence-corrected chi connectivity index (χ4v) is 2.52. The molecule has 0 atom stereocenters. The van der Waals surface area contributed by atoms with Crippen molar-refractivity contribution in [1.29, 1.82) is 0 Å². The number of aromatic nitrogens is 1. The van der Waals surface area contributed by atoms with Gasteiger partial charge in [0, 0.05) is 40.9 Å². The Hall–Kier alpha value is -1.81. The van der Waals surface area contributed by atoms with Gasteiger partial charge in [0.15, 0.2) is 5.43 Å². The predicted molar refractivity (Wildman–Crippen MR) is 77.1 cm³/mol. The SMILES string of the molecule is Cc1[nH]c2ccc(N3CCOCC3)cc2c(=O)c1C. The minimum atomic E-state index is 0.126. The molecular weight excluding hydrogens is 240 g/mol. The van der Waals surface area contributed by atoms with Crippen molar-refractivity contribution >= 4 is 16.6 Å². The van der Waals surface area contributed by atoms with Crippen molar-refractivity contribution in [1.82, 2.24) is 4.98 Å². The van der Waals surface area contributed by atoms with Crippen LogP contribution in [-0.4, -0.2) is 31.3 Å². The molecule has 1 fully saturated rings. The Kier molecular flexibility index (Phi) is 3.03. The molecule has 0 amide bonds. The number of hydrogen-bond donors (Lipinski definition) is 1. The Balaban J connectivity index is 2.12. The van der Waals surface area contributed by atoms with E-state index in [0.29, 0.717) is 0 Å². The van der Waals surface area contributed by atoms with E-state index in [-0.39, 0.29) is 5.43 Å². The van der Waals surface area contributed by atoms with Gasteiger partial charge in [-0.3, -0.25) is 4.79 Å². The number of H-pyrrole nitrogens is 1. The Bertz CT molecular complexity index is 670. The minimum Gasteiger partial charge on any atom is -0.378 e. The van der Waals surface area contributed by atoms with Gasteiger partial charge in [0.1, 0.15) is 0 Å². The first-order valence-corrected chi connectivity index (χ1v) is 6.63. The van der Waals surface area contributed by atoms with E-state index < -0.39 is 0 Å². The molecule has 2 heterocycles. The first-order chi connectivity index (χ1) is 9.16. The third kappa shape index (κ3) is 2.12. The number of morpholine rings is 1. The maximum absolute atomic E-state index is 12.3. The predicted octanol–water partition coefficient (Wildman–Crippen LogP) is 1.98. The maximum atomic E-state index is 12.3. The van der Waals surface area contributed by atoms with Crippen LogP contribution in [0.1, 0.15) is 11.3 Å². The van der Waals surface area contributed by atoms with Crippen LogP contribution in [-0.2, 0) is 4.74 Å². The lowest BCUT2D eigenvalue weighted by molar-refractivity contribution is 0.122. The van der Waals surface area contributed by atoms with Gasteiger partial charge in [0.05, 0.1) is 13.2 Å². The lowest BCUT2D eigenvalue weighted by atomic mass is 10.1. The van der Waals surface area contributed by atoms with Crippen LogP contribution >= 0.6 is 0 Å². The van der Waals surface area contributed by atoms with Crippen LogP contribution in [0.4, 0.5) is 5.69 Å². The molecule has 0 aliphatic carbocycles. The first kappa shape index (κ1) is 12.2. The number of ether oxygens (including phenoxy) is 1. The minimum absolute atomic E-state index is 0.126. The van der Waals surface area contributed by atoms with Crippen LogP contribution in [0.3, 0.4) is 0 Å². The molecule has 1 aliphatic heterocycles. The summed E-state index contributed by atoms with van der Waals surface area (Å²) in [6.45, 7) is 7.08. The van der Waals surface area contributed by atoms with Crippen LogP contribution < -0.4 is 10.3 Å². The normalized spacial score (nSPS) is 16.0. The molecule has 3 rings (SSSR count). The van der Waals surface area contributed by atoms with Crippen LogP contribution in [0.2, 0.25) is 0 Å². The molecule has 2 aromatic rings. The van der Waals surface area contributed by atoms with Crippen LogP contribution in [0.25, 0.3) is 10.9 Å². The third-order valence-corrected chi connectivity index (χ3v) is 3.85. The van der Waals surface area contributed by atoms with Gasteiger partial charge >= 0.3 is 0 Å². The first-order valence-electron chi connectivity index (χ1n) is 6.63. The number of anilines is 1. The highest BCUT2D eigenvalue weighted by Crippen LogP contribution is 2.21. The molecule has 0 unspecified atom stereocenters. The Morgan fingerprint density at radius 2 is 1.95 bits per heavy atom. The van der Waals surface area contributed by atoms with Crippen molar-refractivity contribution in [2.45, 2.75) is 13.8 Å². The molecule has 100 valence electrons. The van der Waals surface area contributed by atoms with E-state index in [2.05, 4.69) is 16.0 Å². The maximum Gasteiger partial charge on any atom is 0.192 e. The zero-order valence-corrected chi connectivity index (χ0v) is 11.3. The van der Waals surface area contributed by atoms with Gasteiger partial charge < -0.3 is 14.6 Å². The Labute approximate surface area is 112 Å². The summed E-state index contributed by atoms with van der Waals surface area (Å²) in [5, 5.41) is 0.770. The van der Waals surface area contributed by atoms with Crippen molar-refractivity contribution in [2.24, 2.45) is 0 Å². The largest absolute Gasteiger partial charge is 0.378 e. The number of fused-ring (bicyclic) bond motifs is 1. The molecule has 1 aromatic heterocycles. The highest BCUT2D eigenvalue weighted by atomic mass is 16.5. The van der Waals surface area contributed by atoms with Gasteiger partial charge in [-0.25, -0.2) is 0 Å². The second-order valence-corrected chi connectivity index (χ2v) is 5.03. The number of rotatable bonds is 1. The summed E-state index contributed by atoms with van der Waals surface area (Å²) in [7, 11) is 0. The highest BCUT2D eigenvalue weighted by Gasteiger charge is 2.13. The quantitative estimate of drug-likeness (QED) is 0.850. The molecule has 1 aromatic carbocycles. The van der Waals surface area contributed by atoms with Crippen molar-refractivity contribution in [3.63, 3.8) is 0 Å². The van der Waals surface area contributed by atoms with E-state index in [1.54, 1.807) is 0 Å². The molecule has 0 bridgehead atoms. The number of aryl methyl sites for hydroxylation is 1. The number of aromatic amines is 1. The van der Waals surface area contributed by atoms with Crippen molar-refractivity contribution in [3.05, 3.63) is 39.7 Å². The van der Waals surface area contributed by atoms with E-state index in [1.807, 2.05) is 26.0 Å². The summed E-state index contributed by atoms with van der Waals surface area (Å²) in [4.78, 5) is 17.9. The van der Waals surface area contributed by atoms with Gasteiger partial charge in [-0.2, -0.15) is 0 Å². The van der Waals surface area contributed by atoms with Crippen LogP contribution in [0, 0.1) is 13.8 Å². The Morgan fingerprint density at radius 3 is 2.68 bits per heavy atom. The summed E-state index contributed by atoms with van der Waals surface area (Å²) in [5.74, 6) is 0. The number of pyridine rings is 1. The van der Waals surface area contributed by atoms with E-state index in [9.17, 15) is 4.79 Å². The average molecular weight is 258 g/mol. The molecule has 0 spiro atoms. The number of benzene rings is 1. The van der Waals surface area contributed by atoms with Crippen molar-refractivity contribution in [2.75, 3.05) is 31.2 Å². The van der Waals surface area contributed by atoms with E-state index in [1.165, 1.54) is 0 Å². The monoisotopic (exact) mass is 258 g/mol. The van der Waals surface area contributed by atoms with Gasteiger partial charge in [-0.05, 0) is 32.0 Å². The van der Waals surface area contributed by atoms with Gasteiger partial charge in [0.2, 0.25) is 0 Å². The molecule has 4 nitrogen and oxygen atoms in total. The number of nitrogens with zero attached hydrogens (tertiary/aromatic N) is 1. The zero-order valence-electron chi connectivity index (χ0n) is 11.3. The number of hydrogen-bond acceptors (Lipinski definition) is 3. The molecular formula is C15H18N2O2. The molecule has 1 aliphatic rings. The summed E-state index contributed by atoms with van der Waals surface area (Å²) in [6.07, 6.45) is 0. The summed E-state index contributed by atoms with van der Waals surface area (Å²) in [5.41, 5.74) is 3.87. The van der Waals surface area contributed by atoms with Gasteiger partial charge in [-0.1, -0.05) is 0 Å². The second-order valence-electron chi connectivity index (χ2n) is 5.03. The smallest absolute Gasteiger partial charge is 0.192 e. The highest BCUT2D eigenvalue weighted by molar-refractivity contribution is 5.83. The second kappa shape index (κ2) is 4.70. The molecule has 0 radical (unpaired) electrons. The molecule has 19 heavy (non-hydrogen) atoms. The summed E-state index contributed by atoms with van der Waals surface area (Å²) < 4.78 is 5.36. The fraction of sp³-hybridized carbons (Fsp3) is 0.400. The lowest BCUT2D eigenvalue weighted by Crippen LogP contribution is -2.36. The topological polar surface area (TPSA) is 45.3 Å². The van der Waals surface area contributed by atoms with Gasteiger partial charge in [0.25, 0.3) is 0 Å². The summed E-state index contributed by atoms with van der Waals surface area (Å²) >= 11 is 0. The fourth-order valence-electron chi connectivity index (χ4n) is 2.52. The van der Waals surface area contributed by atoms with Crippen molar-refractivity contribution in [3.8, 4) is 0 Å². The van der Waals surface area contributed by atoms with Crippen molar-refractivity contribution < 1.29 is 4.74 Å². The van der Waals surface area contributed by atoms with E-state index >= 15 is 0 Å². The lowest BCUT2D eigenvalue weighted by Gasteiger charge is -2.29. The number of nitrogens with one attached hydrogen (secondary N) is 1. The average Bonchev–Trinajstić information content (AvgIpc) is 2.46.